The van der Waals surface area contributed by atoms with Gasteiger partial charge < -0.3 is 10.4 Å². The number of aromatic nitrogens is 3. The fourth-order valence-corrected chi connectivity index (χ4v) is 3.13. The molecule has 1 amide bonds. The van der Waals surface area contributed by atoms with Gasteiger partial charge in [0.2, 0.25) is 5.91 Å². The van der Waals surface area contributed by atoms with Crippen LogP contribution in [0.15, 0.2) is 36.8 Å². The molecular formula is C21H20F2N4O2. The maximum absolute atomic E-state index is 13.0. The molecule has 1 saturated carbocycles. The van der Waals surface area contributed by atoms with Crippen molar-refractivity contribution in [3.8, 4) is 11.3 Å². The zero-order valence-corrected chi connectivity index (χ0v) is 15.9. The van der Waals surface area contributed by atoms with E-state index in [1.54, 1.807) is 37.5 Å². The Kier molecular flexibility index (Phi) is 4.43. The Bertz CT molecular complexity index is 1150. The lowest BCUT2D eigenvalue weighted by Crippen LogP contribution is -2.18. The zero-order chi connectivity index (χ0) is 21.7. The van der Waals surface area contributed by atoms with Crippen LogP contribution in [0.2, 0.25) is 0 Å². The first kappa shape index (κ1) is 18.1. The van der Waals surface area contributed by atoms with Gasteiger partial charge in [0.1, 0.15) is 11.7 Å². The minimum absolute atomic E-state index is 0.196. The van der Waals surface area contributed by atoms with Gasteiger partial charge >= 0.3 is 0 Å². The van der Waals surface area contributed by atoms with Crippen molar-refractivity contribution in [2.75, 3.05) is 5.32 Å². The number of aryl methyl sites for hydroxylation is 1. The van der Waals surface area contributed by atoms with Crippen LogP contribution in [0, 0.1) is 12.8 Å². The lowest BCUT2D eigenvalue weighted by atomic mass is 10.0. The molecule has 3 heterocycles. The molecule has 29 heavy (non-hydrogen) atoms. The van der Waals surface area contributed by atoms with E-state index in [9.17, 15) is 18.7 Å². The third kappa shape index (κ3) is 3.80. The van der Waals surface area contributed by atoms with Crippen molar-refractivity contribution in [1.29, 1.82) is 0 Å². The molecule has 150 valence electrons. The van der Waals surface area contributed by atoms with Crippen LogP contribution < -0.4 is 5.32 Å². The van der Waals surface area contributed by atoms with Crippen LogP contribution in [0.5, 0.6) is 0 Å². The maximum Gasteiger partial charge on any atom is 0.260 e. The van der Waals surface area contributed by atoms with Gasteiger partial charge in [-0.05, 0) is 37.1 Å². The van der Waals surface area contributed by atoms with E-state index >= 15 is 0 Å². The van der Waals surface area contributed by atoms with E-state index in [2.05, 4.69) is 20.3 Å². The predicted molar refractivity (Wildman–Crippen MR) is 104 cm³/mol. The number of halogens is 2. The number of rotatable bonds is 5. The molecule has 4 rings (SSSR count). The molecule has 1 aliphatic carbocycles. The first-order valence-corrected chi connectivity index (χ1v) is 9.25. The second kappa shape index (κ2) is 7.11. The molecule has 2 atom stereocenters. The van der Waals surface area contributed by atoms with E-state index in [-0.39, 0.29) is 17.9 Å². The number of carbonyl (C=O) groups excluding carboxylic acids is 1. The number of amides is 1. The molecule has 1 fully saturated rings. The van der Waals surface area contributed by atoms with E-state index in [0.29, 0.717) is 11.1 Å². The van der Waals surface area contributed by atoms with Gasteiger partial charge in [0.25, 0.3) is 5.92 Å². The first-order chi connectivity index (χ1) is 14.1. The highest BCUT2D eigenvalue weighted by atomic mass is 19.3. The molecule has 0 aromatic carbocycles. The summed E-state index contributed by atoms with van der Waals surface area (Å²) in [4.78, 5) is 24.6. The molecule has 0 radical (unpaired) electrons. The fourth-order valence-electron chi connectivity index (χ4n) is 3.13. The highest BCUT2D eigenvalue weighted by molar-refractivity contribution is 5.96. The Balaban J connectivity index is 1.59. The van der Waals surface area contributed by atoms with Crippen molar-refractivity contribution in [2.24, 2.45) is 5.92 Å². The minimum Gasteiger partial charge on any atom is -0.387 e. The highest BCUT2D eigenvalue weighted by Gasteiger charge is 2.61. The SMILES string of the molecule is [2H]C(O)(CC)c1cc(C)c(-c2cc3cnc(NC(=O)[C@H]4CC4(F)F)cc3cn2)cn1. The van der Waals surface area contributed by atoms with Crippen molar-refractivity contribution < 1.29 is 20.1 Å². The summed E-state index contributed by atoms with van der Waals surface area (Å²) in [5.74, 6) is -4.75. The van der Waals surface area contributed by atoms with Gasteiger partial charge in [0.05, 0.1) is 18.8 Å². The minimum atomic E-state index is -2.92. The molecule has 1 aliphatic rings. The van der Waals surface area contributed by atoms with Crippen LogP contribution in [-0.2, 0) is 4.79 Å². The lowest BCUT2D eigenvalue weighted by molar-refractivity contribution is -0.119. The Hall–Kier alpha value is -3.00. The molecule has 0 aliphatic heterocycles. The Morgan fingerprint density at radius 1 is 1.28 bits per heavy atom. The third-order valence-corrected chi connectivity index (χ3v) is 5.01. The van der Waals surface area contributed by atoms with Crippen molar-refractivity contribution in [3.63, 3.8) is 0 Å². The molecule has 3 aromatic rings. The Morgan fingerprint density at radius 2 is 1.97 bits per heavy atom. The molecule has 2 N–H and O–H groups in total. The van der Waals surface area contributed by atoms with Gasteiger partial charge in [-0.15, -0.1) is 0 Å². The summed E-state index contributed by atoms with van der Waals surface area (Å²) < 4.78 is 34.0. The van der Waals surface area contributed by atoms with Crippen molar-refractivity contribution in [2.45, 2.75) is 38.7 Å². The molecular weight excluding hydrogens is 378 g/mol. The second-order valence-corrected chi connectivity index (χ2v) is 7.18. The number of nitrogens with zero attached hydrogens (tertiary/aromatic N) is 3. The maximum atomic E-state index is 13.0. The standard InChI is InChI=1S/C21H20F2N4O2/c1-3-18(28)17-4-11(2)14(10-25-17)16-5-12-9-26-19(6-13(12)8-24-16)27-20(29)15-7-21(15,22)23/h4-6,8-10,15,18,28H,3,7H2,1-2H3,(H,26,27,29)/t15-,18?/m1/s1/i18D. The topological polar surface area (TPSA) is 88.0 Å². The predicted octanol–water partition coefficient (Wildman–Crippen LogP) is 4.04. The highest BCUT2D eigenvalue weighted by Crippen LogP contribution is 2.49. The lowest BCUT2D eigenvalue weighted by Gasteiger charge is -2.11. The van der Waals surface area contributed by atoms with Crippen molar-refractivity contribution in [3.05, 3.63) is 48.0 Å². The number of carbonyl (C=O) groups is 1. The van der Waals surface area contributed by atoms with Gasteiger partial charge in [0.15, 0.2) is 0 Å². The number of hydrogen-bond donors (Lipinski definition) is 2. The number of fused-ring (bicyclic) bond motifs is 1. The number of nitrogens with one attached hydrogen (secondary N) is 1. The van der Waals surface area contributed by atoms with Crippen LogP contribution in [0.4, 0.5) is 14.6 Å². The van der Waals surface area contributed by atoms with E-state index in [4.69, 9.17) is 1.37 Å². The molecule has 6 nitrogen and oxygen atoms in total. The molecule has 0 spiro atoms. The number of pyridine rings is 3. The van der Waals surface area contributed by atoms with Crippen LogP contribution in [0.25, 0.3) is 22.0 Å². The number of alkyl halides is 2. The van der Waals surface area contributed by atoms with Crippen LogP contribution >= 0.6 is 0 Å². The number of aliphatic hydroxyl groups is 1. The molecule has 1 unspecified atom stereocenters. The average Bonchev–Trinajstić information content (AvgIpc) is 3.36. The average molecular weight is 399 g/mol. The second-order valence-electron chi connectivity index (χ2n) is 7.18. The molecule has 3 aromatic heterocycles. The molecule has 0 bridgehead atoms. The van der Waals surface area contributed by atoms with E-state index < -0.39 is 30.2 Å². The number of anilines is 1. The van der Waals surface area contributed by atoms with Crippen LogP contribution in [-0.4, -0.2) is 31.9 Å². The van der Waals surface area contributed by atoms with Gasteiger partial charge in [-0.3, -0.25) is 14.8 Å². The van der Waals surface area contributed by atoms with Crippen molar-refractivity contribution >= 4 is 22.5 Å². The van der Waals surface area contributed by atoms with Gasteiger partial charge in [-0.1, -0.05) is 6.92 Å². The van der Waals surface area contributed by atoms with E-state index in [1.807, 2.05) is 6.92 Å². The van der Waals surface area contributed by atoms with Gasteiger partial charge in [0, 0.05) is 41.3 Å². The summed E-state index contributed by atoms with van der Waals surface area (Å²) in [5.41, 5.74) is 2.48. The van der Waals surface area contributed by atoms with Gasteiger partial charge in [-0.25, -0.2) is 13.8 Å². The third-order valence-electron chi connectivity index (χ3n) is 5.01. The summed E-state index contributed by atoms with van der Waals surface area (Å²) in [6.45, 7) is 3.56. The quantitative estimate of drug-likeness (QED) is 0.676. The number of hydrogen-bond acceptors (Lipinski definition) is 5. The Morgan fingerprint density at radius 3 is 2.62 bits per heavy atom. The summed E-state index contributed by atoms with van der Waals surface area (Å²) in [6, 6.07) is 5.06. The first-order valence-electron chi connectivity index (χ1n) is 9.75. The fraction of sp³-hybridized carbons (Fsp3) is 0.333. The monoisotopic (exact) mass is 399 g/mol. The van der Waals surface area contributed by atoms with Crippen molar-refractivity contribution in [1.82, 2.24) is 15.0 Å². The normalized spacial score (nSPS) is 20.0. The largest absolute Gasteiger partial charge is 0.387 e. The molecule has 8 heteroatoms. The van der Waals surface area contributed by atoms with Gasteiger partial charge in [-0.2, -0.15) is 0 Å². The van der Waals surface area contributed by atoms with Crippen LogP contribution in [0.3, 0.4) is 0 Å². The van der Waals surface area contributed by atoms with E-state index in [1.165, 1.54) is 6.20 Å². The Labute approximate surface area is 167 Å². The summed E-state index contributed by atoms with van der Waals surface area (Å²) >= 11 is 0. The molecule has 0 saturated heterocycles. The zero-order valence-electron chi connectivity index (χ0n) is 16.9. The summed E-state index contributed by atoms with van der Waals surface area (Å²) in [7, 11) is 0. The summed E-state index contributed by atoms with van der Waals surface area (Å²) in [6.07, 6.45) is 2.77. The summed E-state index contributed by atoms with van der Waals surface area (Å²) in [5, 5.41) is 14.0. The smallest absolute Gasteiger partial charge is 0.260 e. The van der Waals surface area contributed by atoms with E-state index in [0.717, 1.165) is 16.5 Å². The van der Waals surface area contributed by atoms with Crippen LogP contribution in [0.1, 0.15) is 38.5 Å².